The van der Waals surface area contributed by atoms with E-state index in [0.717, 1.165) is 42.1 Å². The second-order valence-corrected chi connectivity index (χ2v) is 4.78. The Morgan fingerprint density at radius 3 is 2.95 bits per heavy atom. The molecular formula is C14H22N2O3. The number of rotatable bonds is 6. The number of ether oxygens (including phenoxy) is 2. The number of anilines is 1. The molecule has 0 aliphatic carbocycles. The topological polar surface area (TPSA) is 68.0 Å². The lowest BCUT2D eigenvalue weighted by atomic mass is 10.1. The Balaban J connectivity index is 2.20. The van der Waals surface area contributed by atoms with E-state index >= 15 is 0 Å². The number of nitrogen functional groups attached to an aromatic ring is 1. The predicted molar refractivity (Wildman–Crippen MR) is 73.8 cm³/mol. The molecular weight excluding hydrogens is 244 g/mol. The molecule has 0 atom stereocenters. The van der Waals surface area contributed by atoms with Crippen molar-refractivity contribution in [1.82, 2.24) is 4.90 Å². The SMILES string of the molecule is CCCN(CCO)Cc1cc(N)cc2c1OCOC2. The third-order valence-corrected chi connectivity index (χ3v) is 3.16. The first kappa shape index (κ1) is 14.1. The summed E-state index contributed by atoms with van der Waals surface area (Å²) in [6.07, 6.45) is 1.05. The molecule has 0 aromatic heterocycles. The number of aliphatic hydroxyl groups is 1. The van der Waals surface area contributed by atoms with Crippen molar-refractivity contribution in [1.29, 1.82) is 0 Å². The zero-order valence-corrected chi connectivity index (χ0v) is 11.4. The molecule has 0 amide bonds. The van der Waals surface area contributed by atoms with Gasteiger partial charge in [0.05, 0.1) is 13.2 Å². The highest BCUT2D eigenvalue weighted by atomic mass is 16.7. The van der Waals surface area contributed by atoms with Crippen molar-refractivity contribution in [2.24, 2.45) is 0 Å². The molecule has 106 valence electrons. The van der Waals surface area contributed by atoms with Crippen LogP contribution in [0.2, 0.25) is 0 Å². The fourth-order valence-corrected chi connectivity index (χ4v) is 2.41. The molecule has 0 saturated heterocycles. The molecule has 1 aromatic rings. The van der Waals surface area contributed by atoms with Crippen LogP contribution in [0.4, 0.5) is 5.69 Å². The van der Waals surface area contributed by atoms with E-state index in [9.17, 15) is 0 Å². The molecule has 0 saturated carbocycles. The van der Waals surface area contributed by atoms with Crippen molar-refractivity contribution in [3.8, 4) is 5.75 Å². The van der Waals surface area contributed by atoms with Gasteiger partial charge in [0.25, 0.3) is 0 Å². The molecule has 1 aliphatic heterocycles. The number of nitrogens with zero attached hydrogens (tertiary/aromatic N) is 1. The zero-order chi connectivity index (χ0) is 13.7. The molecule has 0 spiro atoms. The highest BCUT2D eigenvalue weighted by molar-refractivity contribution is 5.53. The Morgan fingerprint density at radius 1 is 1.37 bits per heavy atom. The minimum absolute atomic E-state index is 0.161. The highest BCUT2D eigenvalue weighted by Crippen LogP contribution is 2.31. The average Bonchev–Trinajstić information content (AvgIpc) is 2.39. The van der Waals surface area contributed by atoms with E-state index in [-0.39, 0.29) is 13.4 Å². The Bertz CT molecular complexity index is 417. The van der Waals surface area contributed by atoms with Crippen LogP contribution in [0.15, 0.2) is 12.1 Å². The van der Waals surface area contributed by atoms with E-state index < -0.39 is 0 Å². The Morgan fingerprint density at radius 2 is 2.21 bits per heavy atom. The van der Waals surface area contributed by atoms with Gasteiger partial charge in [-0.3, -0.25) is 4.90 Å². The summed E-state index contributed by atoms with van der Waals surface area (Å²) in [5.74, 6) is 0.888. The monoisotopic (exact) mass is 266 g/mol. The predicted octanol–water partition coefficient (Wildman–Crippen LogP) is 1.34. The lowest BCUT2D eigenvalue weighted by Gasteiger charge is -2.25. The van der Waals surface area contributed by atoms with E-state index in [2.05, 4.69) is 11.8 Å². The van der Waals surface area contributed by atoms with Crippen molar-refractivity contribution >= 4 is 5.69 Å². The van der Waals surface area contributed by atoms with Crippen LogP contribution < -0.4 is 10.5 Å². The van der Waals surface area contributed by atoms with Crippen LogP contribution in [0.25, 0.3) is 0 Å². The maximum Gasteiger partial charge on any atom is 0.189 e. The first-order chi connectivity index (χ1) is 9.24. The molecule has 0 bridgehead atoms. The number of benzene rings is 1. The summed E-state index contributed by atoms with van der Waals surface area (Å²) in [6, 6.07) is 3.85. The maximum atomic E-state index is 9.12. The number of fused-ring (bicyclic) bond motifs is 1. The van der Waals surface area contributed by atoms with Crippen LogP contribution >= 0.6 is 0 Å². The van der Waals surface area contributed by atoms with Gasteiger partial charge >= 0.3 is 0 Å². The Hall–Kier alpha value is -1.30. The second-order valence-electron chi connectivity index (χ2n) is 4.78. The fourth-order valence-electron chi connectivity index (χ4n) is 2.41. The van der Waals surface area contributed by atoms with Crippen molar-refractivity contribution in [2.45, 2.75) is 26.5 Å². The number of hydrogen-bond donors (Lipinski definition) is 2. The molecule has 2 rings (SSSR count). The molecule has 1 aliphatic rings. The van der Waals surface area contributed by atoms with E-state index in [1.165, 1.54) is 0 Å². The number of hydrogen-bond acceptors (Lipinski definition) is 5. The van der Waals surface area contributed by atoms with Crippen LogP contribution in [0, 0.1) is 0 Å². The lowest BCUT2D eigenvalue weighted by molar-refractivity contribution is -0.0174. The summed E-state index contributed by atoms with van der Waals surface area (Å²) in [7, 11) is 0. The van der Waals surface area contributed by atoms with Gasteiger partial charge in [0.15, 0.2) is 6.79 Å². The first-order valence-electron chi connectivity index (χ1n) is 6.69. The summed E-state index contributed by atoms with van der Waals surface area (Å²) >= 11 is 0. The maximum absolute atomic E-state index is 9.12. The minimum Gasteiger partial charge on any atom is -0.467 e. The van der Waals surface area contributed by atoms with Gasteiger partial charge in [-0.2, -0.15) is 0 Å². The van der Waals surface area contributed by atoms with Gasteiger partial charge < -0.3 is 20.3 Å². The van der Waals surface area contributed by atoms with Gasteiger partial charge in [-0.15, -0.1) is 0 Å². The lowest BCUT2D eigenvalue weighted by Crippen LogP contribution is -2.28. The molecule has 0 radical (unpaired) electrons. The summed E-state index contributed by atoms with van der Waals surface area (Å²) < 4.78 is 10.9. The van der Waals surface area contributed by atoms with Crippen molar-refractivity contribution < 1.29 is 14.6 Å². The Kier molecular flexibility index (Phi) is 5.01. The van der Waals surface area contributed by atoms with Gasteiger partial charge in [-0.1, -0.05) is 6.92 Å². The van der Waals surface area contributed by atoms with Gasteiger partial charge in [0.1, 0.15) is 5.75 Å². The summed E-state index contributed by atoms with van der Waals surface area (Å²) in [6.45, 7) is 5.47. The minimum atomic E-state index is 0.161. The standard InChI is InChI=1S/C14H22N2O3/c1-2-3-16(4-5-17)8-11-6-13(15)7-12-9-18-10-19-14(11)12/h6-7,17H,2-5,8-10,15H2,1H3. The molecule has 1 aromatic carbocycles. The fraction of sp³-hybridized carbons (Fsp3) is 0.571. The van der Waals surface area contributed by atoms with E-state index in [1.54, 1.807) is 0 Å². The zero-order valence-electron chi connectivity index (χ0n) is 11.4. The third-order valence-electron chi connectivity index (χ3n) is 3.16. The van der Waals surface area contributed by atoms with Gasteiger partial charge in [-0.25, -0.2) is 0 Å². The first-order valence-corrected chi connectivity index (χ1v) is 6.69. The van der Waals surface area contributed by atoms with Gasteiger partial charge in [0, 0.05) is 29.9 Å². The van der Waals surface area contributed by atoms with E-state index in [0.29, 0.717) is 13.2 Å². The number of aliphatic hydroxyl groups excluding tert-OH is 1. The van der Waals surface area contributed by atoms with Crippen LogP contribution in [0.5, 0.6) is 5.75 Å². The van der Waals surface area contributed by atoms with Crippen molar-refractivity contribution in [2.75, 3.05) is 32.2 Å². The Labute approximate surface area is 113 Å². The molecule has 3 N–H and O–H groups in total. The molecule has 5 heteroatoms. The summed E-state index contributed by atoms with van der Waals surface area (Å²) in [4.78, 5) is 2.20. The number of nitrogens with two attached hydrogens (primary N) is 1. The molecule has 5 nitrogen and oxygen atoms in total. The average molecular weight is 266 g/mol. The molecule has 0 unspecified atom stereocenters. The van der Waals surface area contributed by atoms with Crippen molar-refractivity contribution in [3.05, 3.63) is 23.3 Å². The van der Waals surface area contributed by atoms with E-state index in [4.69, 9.17) is 20.3 Å². The molecule has 1 heterocycles. The van der Waals surface area contributed by atoms with Crippen LogP contribution in [0.1, 0.15) is 24.5 Å². The van der Waals surface area contributed by atoms with Crippen LogP contribution in [-0.2, 0) is 17.9 Å². The van der Waals surface area contributed by atoms with Gasteiger partial charge in [-0.05, 0) is 25.1 Å². The van der Waals surface area contributed by atoms with Gasteiger partial charge in [0.2, 0.25) is 0 Å². The third kappa shape index (κ3) is 3.59. The largest absolute Gasteiger partial charge is 0.467 e. The summed E-state index contributed by atoms with van der Waals surface area (Å²) in [5.41, 5.74) is 8.72. The molecule has 19 heavy (non-hydrogen) atoms. The second kappa shape index (κ2) is 6.75. The smallest absolute Gasteiger partial charge is 0.189 e. The molecule has 0 fully saturated rings. The highest BCUT2D eigenvalue weighted by Gasteiger charge is 2.17. The summed E-state index contributed by atoms with van der Waals surface area (Å²) in [5, 5.41) is 9.12. The van der Waals surface area contributed by atoms with Crippen molar-refractivity contribution in [3.63, 3.8) is 0 Å². The van der Waals surface area contributed by atoms with Crippen LogP contribution in [-0.4, -0.2) is 36.5 Å². The van der Waals surface area contributed by atoms with E-state index in [1.807, 2.05) is 12.1 Å². The quantitative estimate of drug-likeness (QED) is 0.761. The van der Waals surface area contributed by atoms with Crippen LogP contribution in [0.3, 0.4) is 0 Å². The normalized spacial score (nSPS) is 14.3.